The highest BCUT2D eigenvalue weighted by molar-refractivity contribution is 8.00. The van der Waals surface area contributed by atoms with Crippen LogP contribution in [0.3, 0.4) is 0 Å². The Labute approximate surface area is 216 Å². The second-order valence-electron chi connectivity index (χ2n) is 9.45. The fraction of sp³-hybridized carbons (Fsp3) is 0.308. The topological polar surface area (TPSA) is 97.7 Å². The van der Waals surface area contributed by atoms with E-state index in [0.717, 1.165) is 21.8 Å². The van der Waals surface area contributed by atoms with Crippen molar-refractivity contribution >= 4 is 52.2 Å². The van der Waals surface area contributed by atoms with Gasteiger partial charge in [0, 0.05) is 16.0 Å². The maximum atomic E-state index is 13.5. The van der Waals surface area contributed by atoms with Crippen LogP contribution in [0.4, 0.5) is 11.4 Å². The molecule has 1 fully saturated rings. The highest BCUT2D eigenvalue weighted by Gasteiger charge is 2.59. The molecule has 2 aromatic carbocycles. The largest absolute Gasteiger partial charge is 0.497 e. The molecule has 0 radical (unpaired) electrons. The van der Waals surface area contributed by atoms with Gasteiger partial charge in [-0.25, -0.2) is 4.90 Å². The van der Waals surface area contributed by atoms with Crippen molar-refractivity contribution in [1.29, 1.82) is 0 Å². The van der Waals surface area contributed by atoms with Gasteiger partial charge in [0.1, 0.15) is 17.5 Å². The number of hydrogen-bond donors (Lipinski definition) is 1. The minimum absolute atomic E-state index is 0.177. The van der Waals surface area contributed by atoms with Gasteiger partial charge in [0.25, 0.3) is 0 Å². The number of hydrogen-bond acceptors (Lipinski definition) is 7. The Balaban J connectivity index is 1.46. The van der Waals surface area contributed by atoms with E-state index in [1.54, 1.807) is 37.4 Å². The van der Waals surface area contributed by atoms with Gasteiger partial charge < -0.3 is 10.1 Å². The molecule has 1 aromatic heterocycles. The van der Waals surface area contributed by atoms with E-state index in [1.807, 2.05) is 39.0 Å². The van der Waals surface area contributed by atoms with Crippen LogP contribution in [0.2, 0.25) is 0 Å². The molecule has 3 heterocycles. The summed E-state index contributed by atoms with van der Waals surface area (Å²) >= 11 is 2.24. The van der Waals surface area contributed by atoms with Crippen molar-refractivity contribution in [3.63, 3.8) is 0 Å². The van der Waals surface area contributed by atoms with Gasteiger partial charge in [0.2, 0.25) is 17.7 Å². The lowest BCUT2D eigenvalue weighted by molar-refractivity contribution is -0.123. The van der Waals surface area contributed by atoms with E-state index in [-0.39, 0.29) is 29.1 Å². The molecule has 1 saturated heterocycles. The van der Waals surface area contributed by atoms with E-state index in [2.05, 4.69) is 5.32 Å². The molecule has 0 saturated carbocycles. The van der Waals surface area contributed by atoms with E-state index in [1.165, 1.54) is 21.2 Å². The molecular formula is C26H25N3O5S2. The predicted molar refractivity (Wildman–Crippen MR) is 140 cm³/mol. The van der Waals surface area contributed by atoms with Crippen molar-refractivity contribution in [2.75, 3.05) is 17.3 Å². The first-order chi connectivity index (χ1) is 17.1. The summed E-state index contributed by atoms with van der Waals surface area (Å²) in [4.78, 5) is 54.5. The molecule has 8 nitrogen and oxygen atoms in total. The second kappa shape index (κ2) is 8.94. The fourth-order valence-electron chi connectivity index (χ4n) is 4.82. The molecule has 0 spiro atoms. The fourth-order valence-corrected chi connectivity index (χ4v) is 7.86. The number of nitrogens with zero attached hydrogens (tertiary/aromatic N) is 2. The van der Waals surface area contributed by atoms with Crippen LogP contribution < -0.4 is 19.8 Å². The third kappa shape index (κ3) is 3.94. The number of rotatable bonds is 5. The standard InChI is InChI=1S/C26H25N3O5S2/c1-14-6-5-7-15(12-14)27-18(30)13-28-24-21(36-25(28)33)26(2,3)19-20(35-24)23(32)29(22(19)31)16-8-10-17(34-4)11-9-16/h5-12,19-20H,13H2,1-4H3,(H,27,30). The smallest absolute Gasteiger partial charge is 0.308 e. The van der Waals surface area contributed by atoms with Gasteiger partial charge in [-0.1, -0.05) is 49.1 Å². The maximum absolute atomic E-state index is 13.5. The number of carbonyl (C=O) groups excluding carboxylic acids is 3. The molecule has 2 aliphatic heterocycles. The summed E-state index contributed by atoms with van der Waals surface area (Å²) in [5, 5.41) is 2.72. The number of benzene rings is 2. The van der Waals surface area contributed by atoms with Crippen LogP contribution in [-0.2, 0) is 26.3 Å². The molecule has 2 atom stereocenters. The molecular weight excluding hydrogens is 498 g/mol. The number of anilines is 2. The third-order valence-electron chi connectivity index (χ3n) is 6.64. The number of amides is 3. The Hall–Kier alpha value is -3.37. The molecule has 10 heteroatoms. The Kier molecular flexibility index (Phi) is 6.04. The Morgan fingerprint density at radius 2 is 1.81 bits per heavy atom. The van der Waals surface area contributed by atoms with Crippen LogP contribution in [0.5, 0.6) is 5.75 Å². The second-order valence-corrected chi connectivity index (χ2v) is 11.5. The van der Waals surface area contributed by atoms with Crippen molar-refractivity contribution in [3.05, 3.63) is 68.6 Å². The van der Waals surface area contributed by atoms with Gasteiger partial charge in [-0.3, -0.25) is 23.7 Å². The molecule has 5 rings (SSSR count). The van der Waals surface area contributed by atoms with Gasteiger partial charge >= 0.3 is 4.87 Å². The van der Waals surface area contributed by atoms with Crippen LogP contribution in [0.15, 0.2) is 58.4 Å². The van der Waals surface area contributed by atoms with Gasteiger partial charge in [-0.2, -0.15) is 0 Å². The molecule has 2 unspecified atom stereocenters. The summed E-state index contributed by atoms with van der Waals surface area (Å²) in [6.45, 7) is 5.53. The first kappa shape index (κ1) is 24.3. The van der Waals surface area contributed by atoms with Gasteiger partial charge in [0.05, 0.1) is 23.7 Å². The van der Waals surface area contributed by atoms with E-state index in [0.29, 0.717) is 22.2 Å². The number of thioether (sulfide) groups is 1. The highest BCUT2D eigenvalue weighted by atomic mass is 32.2. The molecule has 1 N–H and O–H groups in total. The summed E-state index contributed by atoms with van der Waals surface area (Å²) in [5.74, 6) is -0.953. The number of methoxy groups -OCH3 is 1. The number of aryl methyl sites for hydroxylation is 1. The zero-order valence-corrected chi connectivity index (χ0v) is 21.9. The lowest BCUT2D eigenvalue weighted by Crippen LogP contribution is -2.41. The average Bonchev–Trinajstić information content (AvgIpc) is 3.28. The van der Waals surface area contributed by atoms with Gasteiger partial charge in [-0.15, -0.1) is 0 Å². The van der Waals surface area contributed by atoms with E-state index < -0.39 is 16.6 Å². The van der Waals surface area contributed by atoms with E-state index in [4.69, 9.17) is 4.74 Å². The first-order valence-corrected chi connectivity index (χ1v) is 13.1. The van der Waals surface area contributed by atoms with Gasteiger partial charge in [0.15, 0.2) is 0 Å². The van der Waals surface area contributed by atoms with Crippen molar-refractivity contribution in [2.45, 2.75) is 43.0 Å². The first-order valence-electron chi connectivity index (χ1n) is 11.4. The lowest BCUT2D eigenvalue weighted by atomic mass is 9.76. The van der Waals surface area contributed by atoms with Crippen molar-refractivity contribution < 1.29 is 19.1 Å². The minimum Gasteiger partial charge on any atom is -0.497 e. The van der Waals surface area contributed by atoms with Crippen LogP contribution in [0, 0.1) is 12.8 Å². The van der Waals surface area contributed by atoms with Crippen LogP contribution in [0.25, 0.3) is 0 Å². The van der Waals surface area contributed by atoms with Crippen LogP contribution >= 0.6 is 23.1 Å². The van der Waals surface area contributed by atoms with E-state index in [9.17, 15) is 19.2 Å². The number of carbonyl (C=O) groups is 3. The Morgan fingerprint density at radius 1 is 1.08 bits per heavy atom. The van der Waals surface area contributed by atoms with Gasteiger partial charge in [-0.05, 0) is 48.9 Å². The monoisotopic (exact) mass is 523 g/mol. The average molecular weight is 524 g/mol. The van der Waals surface area contributed by atoms with Crippen LogP contribution in [-0.4, -0.2) is 34.6 Å². The zero-order valence-electron chi connectivity index (χ0n) is 20.2. The van der Waals surface area contributed by atoms with Crippen molar-refractivity contribution in [2.24, 2.45) is 5.92 Å². The highest BCUT2D eigenvalue weighted by Crippen LogP contribution is 2.54. The molecule has 3 amide bonds. The molecule has 2 aliphatic rings. The number of nitrogens with one attached hydrogen (secondary N) is 1. The van der Waals surface area contributed by atoms with Crippen molar-refractivity contribution in [3.8, 4) is 5.75 Å². The number of imide groups is 1. The Morgan fingerprint density at radius 3 is 2.47 bits per heavy atom. The number of thiazole rings is 1. The minimum atomic E-state index is -0.763. The normalized spacial score (nSPS) is 20.2. The van der Waals surface area contributed by atoms with Crippen LogP contribution in [0.1, 0.15) is 24.3 Å². The SMILES string of the molecule is COc1ccc(N2C(=O)C3Sc4c(sc(=O)n4CC(=O)Nc4cccc(C)c4)C(C)(C)C3C2=O)cc1. The zero-order chi connectivity index (χ0) is 25.8. The Bertz CT molecular complexity index is 1440. The number of fused-ring (bicyclic) bond motifs is 2. The predicted octanol–water partition coefficient (Wildman–Crippen LogP) is 3.81. The molecule has 36 heavy (non-hydrogen) atoms. The summed E-state index contributed by atoms with van der Waals surface area (Å²) < 4.78 is 6.61. The molecule has 0 aliphatic carbocycles. The summed E-state index contributed by atoms with van der Waals surface area (Å²) in [5.41, 5.74) is 1.38. The molecule has 186 valence electrons. The molecule has 0 bridgehead atoms. The summed E-state index contributed by atoms with van der Waals surface area (Å²) in [6.07, 6.45) is 0. The van der Waals surface area contributed by atoms with E-state index >= 15 is 0 Å². The number of aromatic nitrogens is 1. The summed E-state index contributed by atoms with van der Waals surface area (Å²) in [6, 6.07) is 14.2. The quantitative estimate of drug-likeness (QED) is 0.511. The number of ether oxygens (including phenoxy) is 1. The lowest BCUT2D eigenvalue weighted by Gasteiger charge is -2.36. The van der Waals surface area contributed by atoms with Crippen molar-refractivity contribution in [1.82, 2.24) is 4.57 Å². The summed E-state index contributed by atoms with van der Waals surface area (Å²) in [7, 11) is 1.55. The third-order valence-corrected chi connectivity index (χ3v) is 9.46. The maximum Gasteiger partial charge on any atom is 0.308 e. The molecule has 3 aromatic rings.